The Morgan fingerprint density at radius 2 is 2.07 bits per heavy atom. The molecule has 2 rings (SSSR count). The SMILES string of the molecule is CC1CN=C(NC2CCC(C)C2C)S1. The fraction of sp³-hybridized carbons (Fsp3) is 0.909. The van der Waals surface area contributed by atoms with Crippen LogP contribution in [0.1, 0.15) is 33.6 Å². The summed E-state index contributed by atoms with van der Waals surface area (Å²) in [5.74, 6) is 1.67. The van der Waals surface area contributed by atoms with Crippen molar-refractivity contribution >= 4 is 16.9 Å². The maximum absolute atomic E-state index is 4.51. The Balaban J connectivity index is 1.86. The number of nitrogens with one attached hydrogen (secondary N) is 1. The molecule has 14 heavy (non-hydrogen) atoms. The summed E-state index contributed by atoms with van der Waals surface area (Å²) in [5, 5.41) is 5.46. The lowest BCUT2D eigenvalue weighted by Crippen LogP contribution is -2.35. The summed E-state index contributed by atoms with van der Waals surface area (Å²) in [6.45, 7) is 7.95. The van der Waals surface area contributed by atoms with Crippen LogP contribution in [-0.4, -0.2) is 23.0 Å². The summed E-state index contributed by atoms with van der Waals surface area (Å²) in [4.78, 5) is 4.51. The number of rotatable bonds is 1. The molecule has 2 aliphatic rings. The normalized spacial score (nSPS) is 42.6. The molecule has 0 radical (unpaired) electrons. The Kier molecular flexibility index (Phi) is 3.05. The molecule has 1 fully saturated rings. The van der Waals surface area contributed by atoms with Gasteiger partial charge >= 0.3 is 0 Å². The molecule has 80 valence electrons. The number of hydrogen-bond donors (Lipinski definition) is 1. The van der Waals surface area contributed by atoms with Gasteiger partial charge in [-0.2, -0.15) is 0 Å². The van der Waals surface area contributed by atoms with Crippen molar-refractivity contribution in [1.29, 1.82) is 0 Å². The van der Waals surface area contributed by atoms with E-state index in [4.69, 9.17) is 0 Å². The second-order valence-electron chi connectivity index (χ2n) is 4.74. The van der Waals surface area contributed by atoms with E-state index in [0.717, 1.165) is 18.4 Å². The van der Waals surface area contributed by atoms with E-state index in [9.17, 15) is 0 Å². The average Bonchev–Trinajstić information content (AvgIpc) is 2.67. The molecular formula is C11H20N2S. The first kappa shape index (κ1) is 10.3. The van der Waals surface area contributed by atoms with Crippen molar-refractivity contribution in [2.45, 2.75) is 44.9 Å². The summed E-state index contributed by atoms with van der Waals surface area (Å²) < 4.78 is 0. The van der Waals surface area contributed by atoms with Crippen molar-refractivity contribution in [3.05, 3.63) is 0 Å². The van der Waals surface area contributed by atoms with Gasteiger partial charge < -0.3 is 5.32 Å². The van der Waals surface area contributed by atoms with Gasteiger partial charge in [-0.15, -0.1) is 0 Å². The molecule has 0 aromatic rings. The van der Waals surface area contributed by atoms with E-state index < -0.39 is 0 Å². The van der Waals surface area contributed by atoms with Crippen LogP contribution in [0.5, 0.6) is 0 Å². The van der Waals surface area contributed by atoms with Gasteiger partial charge in [-0.3, -0.25) is 4.99 Å². The maximum Gasteiger partial charge on any atom is 0.157 e. The molecule has 0 spiro atoms. The topological polar surface area (TPSA) is 24.4 Å². The predicted octanol–water partition coefficient (Wildman–Crippen LogP) is 2.50. The molecule has 3 heteroatoms. The van der Waals surface area contributed by atoms with Crippen molar-refractivity contribution in [3.8, 4) is 0 Å². The maximum atomic E-state index is 4.51. The number of nitrogens with zero attached hydrogens (tertiary/aromatic N) is 1. The highest BCUT2D eigenvalue weighted by Gasteiger charge is 2.31. The van der Waals surface area contributed by atoms with Crippen LogP contribution in [0.25, 0.3) is 0 Å². The summed E-state index contributed by atoms with van der Waals surface area (Å²) in [7, 11) is 0. The first-order valence-corrected chi connectivity index (χ1v) is 6.52. The molecule has 2 nitrogen and oxygen atoms in total. The van der Waals surface area contributed by atoms with E-state index in [2.05, 4.69) is 31.1 Å². The molecule has 0 aromatic heterocycles. The van der Waals surface area contributed by atoms with Gasteiger partial charge in [0.15, 0.2) is 5.17 Å². The lowest BCUT2D eigenvalue weighted by atomic mass is 9.98. The highest BCUT2D eigenvalue weighted by atomic mass is 32.2. The van der Waals surface area contributed by atoms with Crippen LogP contribution < -0.4 is 5.32 Å². The van der Waals surface area contributed by atoms with Crippen molar-refractivity contribution in [3.63, 3.8) is 0 Å². The van der Waals surface area contributed by atoms with Crippen molar-refractivity contribution in [1.82, 2.24) is 5.32 Å². The molecule has 0 aromatic carbocycles. The van der Waals surface area contributed by atoms with Crippen LogP contribution in [-0.2, 0) is 0 Å². The lowest BCUT2D eigenvalue weighted by Gasteiger charge is -2.20. The van der Waals surface area contributed by atoms with E-state index in [-0.39, 0.29) is 0 Å². The highest BCUT2D eigenvalue weighted by Crippen LogP contribution is 2.32. The Morgan fingerprint density at radius 1 is 1.29 bits per heavy atom. The molecule has 1 aliphatic heterocycles. The number of thioether (sulfide) groups is 1. The fourth-order valence-electron chi connectivity index (χ4n) is 2.28. The minimum Gasteiger partial charge on any atom is -0.362 e. The van der Waals surface area contributed by atoms with Crippen molar-refractivity contribution in [2.24, 2.45) is 16.8 Å². The first-order valence-electron chi connectivity index (χ1n) is 5.64. The van der Waals surface area contributed by atoms with Gasteiger partial charge in [0.2, 0.25) is 0 Å². The van der Waals surface area contributed by atoms with Crippen LogP contribution in [0.3, 0.4) is 0 Å². The van der Waals surface area contributed by atoms with E-state index in [1.807, 2.05) is 11.8 Å². The molecule has 1 aliphatic carbocycles. The van der Waals surface area contributed by atoms with E-state index in [1.54, 1.807) is 0 Å². The predicted molar refractivity (Wildman–Crippen MR) is 63.8 cm³/mol. The Bertz CT molecular complexity index is 239. The molecule has 0 bridgehead atoms. The second kappa shape index (κ2) is 4.13. The van der Waals surface area contributed by atoms with E-state index >= 15 is 0 Å². The Morgan fingerprint density at radius 3 is 2.57 bits per heavy atom. The van der Waals surface area contributed by atoms with Crippen LogP contribution in [0.4, 0.5) is 0 Å². The zero-order valence-electron chi connectivity index (χ0n) is 9.29. The van der Waals surface area contributed by atoms with Crippen LogP contribution in [0.15, 0.2) is 4.99 Å². The molecule has 0 saturated heterocycles. The van der Waals surface area contributed by atoms with Crippen LogP contribution in [0.2, 0.25) is 0 Å². The second-order valence-corrected chi connectivity index (χ2v) is 6.17. The third kappa shape index (κ3) is 2.08. The van der Waals surface area contributed by atoms with Gasteiger partial charge in [0.1, 0.15) is 0 Å². The standard InChI is InChI=1S/C11H20N2S/c1-7-4-5-10(9(7)3)13-11-12-6-8(2)14-11/h7-10H,4-6H2,1-3H3,(H,12,13). The monoisotopic (exact) mass is 212 g/mol. The third-order valence-corrected chi connectivity index (χ3v) is 4.60. The highest BCUT2D eigenvalue weighted by molar-refractivity contribution is 8.14. The van der Waals surface area contributed by atoms with E-state index in [0.29, 0.717) is 11.3 Å². The van der Waals surface area contributed by atoms with Gasteiger partial charge in [0.05, 0.1) is 6.54 Å². The van der Waals surface area contributed by atoms with E-state index in [1.165, 1.54) is 18.0 Å². The summed E-state index contributed by atoms with van der Waals surface area (Å²) >= 11 is 1.89. The largest absolute Gasteiger partial charge is 0.362 e. The zero-order valence-corrected chi connectivity index (χ0v) is 10.1. The minimum atomic E-state index is 0.668. The number of amidine groups is 1. The Labute approximate surface area is 90.9 Å². The summed E-state index contributed by atoms with van der Waals surface area (Å²) in [6.07, 6.45) is 2.68. The van der Waals surface area contributed by atoms with Crippen LogP contribution in [0, 0.1) is 11.8 Å². The summed E-state index contributed by atoms with van der Waals surface area (Å²) in [5.41, 5.74) is 0. The van der Waals surface area contributed by atoms with Gasteiger partial charge in [0.25, 0.3) is 0 Å². The fourth-order valence-corrected chi connectivity index (χ4v) is 3.18. The lowest BCUT2D eigenvalue weighted by molar-refractivity contribution is 0.404. The van der Waals surface area contributed by atoms with Crippen LogP contribution >= 0.6 is 11.8 Å². The summed E-state index contributed by atoms with van der Waals surface area (Å²) in [6, 6.07) is 0.668. The number of aliphatic imine (C=N–C) groups is 1. The minimum absolute atomic E-state index is 0.668. The first-order chi connectivity index (χ1) is 6.66. The zero-order chi connectivity index (χ0) is 10.1. The quantitative estimate of drug-likeness (QED) is 0.722. The molecule has 1 heterocycles. The van der Waals surface area contributed by atoms with Crippen molar-refractivity contribution in [2.75, 3.05) is 6.54 Å². The van der Waals surface area contributed by atoms with Gasteiger partial charge in [0, 0.05) is 11.3 Å². The van der Waals surface area contributed by atoms with Crippen molar-refractivity contribution < 1.29 is 0 Å². The van der Waals surface area contributed by atoms with Gasteiger partial charge in [-0.25, -0.2) is 0 Å². The molecule has 0 amide bonds. The molecule has 4 unspecified atom stereocenters. The van der Waals surface area contributed by atoms with Gasteiger partial charge in [-0.05, 0) is 24.7 Å². The smallest absolute Gasteiger partial charge is 0.157 e. The number of hydrogen-bond acceptors (Lipinski definition) is 3. The third-order valence-electron chi connectivity index (χ3n) is 3.58. The average molecular weight is 212 g/mol. The molecule has 4 atom stereocenters. The van der Waals surface area contributed by atoms with Gasteiger partial charge in [-0.1, -0.05) is 32.5 Å². The Hall–Kier alpha value is -0.180. The molecule has 1 saturated carbocycles. The molecule has 1 N–H and O–H groups in total. The molecular weight excluding hydrogens is 192 g/mol.